The Bertz CT molecular complexity index is 49.4. The molecule has 2 nitrogen and oxygen atoms in total. The third kappa shape index (κ3) is 5.78. The van der Waals surface area contributed by atoms with Crippen molar-refractivity contribution in [2.24, 2.45) is 0 Å². The number of ether oxygens (including phenoxy) is 1. The smallest absolute Gasteiger partial charge is 0.294 e. The van der Waals surface area contributed by atoms with Crippen LogP contribution in [0.5, 0.6) is 0 Å². The topological polar surface area (TPSA) is 29.1 Å². The lowest BCUT2D eigenvalue weighted by molar-refractivity contribution is -0.398. The Morgan fingerprint density at radius 2 is 2.14 bits per heavy atom. The van der Waals surface area contributed by atoms with Crippen LogP contribution in [0.4, 0.5) is 8.78 Å². The van der Waals surface area contributed by atoms with Gasteiger partial charge in [-0.2, -0.15) is 0 Å². The zero-order chi connectivity index (χ0) is 5.91. The van der Waals surface area contributed by atoms with Crippen molar-refractivity contribution in [2.45, 2.75) is 13.2 Å². The van der Waals surface area contributed by atoms with Gasteiger partial charge in [-0.1, -0.05) is 0 Å². The fourth-order valence-corrected chi connectivity index (χ4v) is 0.168. The van der Waals surface area contributed by atoms with Gasteiger partial charge in [0.1, 0.15) is 0 Å². The third-order valence-electron chi connectivity index (χ3n) is 0.312. The molecule has 1 radical (unpaired) electrons. The minimum Gasteiger partial charge on any atom is -0.294 e. The Morgan fingerprint density at radius 3 is 2.14 bits per heavy atom. The second-order valence-electron chi connectivity index (χ2n) is 0.896. The van der Waals surface area contributed by atoms with Gasteiger partial charge in [-0.3, -0.25) is 4.74 Å². The highest BCUT2D eigenvalue weighted by Gasteiger charge is 2.26. The molecule has 0 aliphatic rings. The van der Waals surface area contributed by atoms with E-state index in [1.54, 1.807) is 0 Å². The van der Waals surface area contributed by atoms with Gasteiger partial charge in [0, 0.05) is 0 Å². The molecule has 4 heteroatoms. The van der Waals surface area contributed by atoms with Crippen LogP contribution in [-0.2, 0) is 9.84 Å². The number of hydrogen-bond donors (Lipinski definition) is 0. The quantitative estimate of drug-likeness (QED) is 0.489. The maximum atomic E-state index is 10.9. The summed E-state index contributed by atoms with van der Waals surface area (Å²) in [4.78, 5) is 0. The lowest BCUT2D eigenvalue weighted by Gasteiger charge is -2.01. The van der Waals surface area contributed by atoms with Crippen molar-refractivity contribution in [3.05, 3.63) is 0 Å². The maximum Gasteiger partial charge on any atom is 0.512 e. The van der Waals surface area contributed by atoms with Crippen LogP contribution in [0.25, 0.3) is 0 Å². The van der Waals surface area contributed by atoms with Gasteiger partial charge in [-0.25, -0.2) is 0 Å². The fraction of sp³-hybridized carbons (Fsp3) is 1.00. The summed E-state index contributed by atoms with van der Waals surface area (Å²) in [6, 6.07) is 0. The molecule has 0 aromatic rings. The molecule has 0 aromatic carbocycles. The zero-order valence-electron chi connectivity index (χ0n) is 3.78. The monoisotopic (exact) mass is 111 g/mol. The molecule has 7 heavy (non-hydrogen) atoms. The maximum absolute atomic E-state index is 10.9. The molecular formula is C3H5F2O2. The van der Waals surface area contributed by atoms with E-state index in [2.05, 4.69) is 4.74 Å². The van der Waals surface area contributed by atoms with Gasteiger partial charge in [-0.05, 0) is 6.92 Å². The van der Waals surface area contributed by atoms with E-state index in [-0.39, 0.29) is 6.61 Å². The van der Waals surface area contributed by atoms with Crippen LogP contribution >= 0.6 is 0 Å². The first-order valence-corrected chi connectivity index (χ1v) is 1.78. The summed E-state index contributed by atoms with van der Waals surface area (Å²) in [5, 5.41) is 9.15. The standard InChI is InChI=1S/C3H5F2O2/c1-2-7-3(4,5)6/h2H2,1H3. The van der Waals surface area contributed by atoms with Crippen molar-refractivity contribution in [1.29, 1.82) is 0 Å². The van der Waals surface area contributed by atoms with Gasteiger partial charge < -0.3 is 0 Å². The highest BCUT2D eigenvalue weighted by molar-refractivity contribution is 4.19. The predicted molar refractivity (Wildman–Crippen MR) is 17.3 cm³/mol. The predicted octanol–water partition coefficient (Wildman–Crippen LogP) is 1.00. The highest BCUT2D eigenvalue weighted by Crippen LogP contribution is 2.09. The molecule has 0 unspecified atom stereocenters. The van der Waals surface area contributed by atoms with Crippen molar-refractivity contribution in [2.75, 3.05) is 6.61 Å². The van der Waals surface area contributed by atoms with Gasteiger partial charge >= 0.3 is 6.29 Å². The molecule has 0 heterocycles. The van der Waals surface area contributed by atoms with E-state index >= 15 is 0 Å². The Morgan fingerprint density at radius 1 is 1.71 bits per heavy atom. The van der Waals surface area contributed by atoms with E-state index in [0.29, 0.717) is 0 Å². The van der Waals surface area contributed by atoms with Crippen LogP contribution in [0.15, 0.2) is 0 Å². The molecular weight excluding hydrogens is 106 g/mol. The van der Waals surface area contributed by atoms with E-state index in [9.17, 15) is 8.78 Å². The molecule has 0 bridgehead atoms. The molecule has 0 aromatic heterocycles. The van der Waals surface area contributed by atoms with Gasteiger partial charge in [-0.15, -0.1) is 13.9 Å². The van der Waals surface area contributed by atoms with Crippen LogP contribution in [0, 0.1) is 0 Å². The first kappa shape index (κ1) is 6.78. The Kier molecular flexibility index (Phi) is 2.11. The molecule has 0 amide bonds. The molecule has 0 saturated heterocycles. The van der Waals surface area contributed by atoms with Crippen molar-refractivity contribution >= 4 is 0 Å². The minimum absolute atomic E-state index is 0.253. The van der Waals surface area contributed by atoms with Crippen molar-refractivity contribution < 1.29 is 18.6 Å². The highest BCUT2D eigenvalue weighted by atomic mass is 19.3. The second kappa shape index (κ2) is 2.18. The summed E-state index contributed by atoms with van der Waals surface area (Å²) >= 11 is 0. The van der Waals surface area contributed by atoms with Gasteiger partial charge in [0.05, 0.1) is 6.61 Å². The average Bonchev–Trinajstić information content (AvgIpc) is 1.30. The molecule has 43 valence electrons. The summed E-state index contributed by atoms with van der Waals surface area (Å²) in [6.07, 6.45) is -4.20. The van der Waals surface area contributed by atoms with Crippen molar-refractivity contribution in [1.82, 2.24) is 0 Å². The van der Waals surface area contributed by atoms with Gasteiger partial charge in [0.2, 0.25) is 0 Å². The number of alkyl halides is 2. The van der Waals surface area contributed by atoms with Crippen LogP contribution in [0.1, 0.15) is 6.92 Å². The van der Waals surface area contributed by atoms with Gasteiger partial charge in [0.25, 0.3) is 0 Å². The molecule has 0 N–H and O–H groups in total. The Labute approximate surface area is 39.7 Å². The number of halogens is 2. The lowest BCUT2D eigenvalue weighted by Crippen LogP contribution is -2.16. The summed E-state index contributed by atoms with van der Waals surface area (Å²) in [7, 11) is 0. The zero-order valence-corrected chi connectivity index (χ0v) is 3.78. The first-order valence-electron chi connectivity index (χ1n) is 1.78. The summed E-state index contributed by atoms with van der Waals surface area (Å²) in [5.41, 5.74) is 0. The van der Waals surface area contributed by atoms with E-state index in [0.717, 1.165) is 0 Å². The SMILES string of the molecule is CCOC([O])(F)F. The van der Waals surface area contributed by atoms with E-state index < -0.39 is 6.29 Å². The van der Waals surface area contributed by atoms with Crippen molar-refractivity contribution in [3.63, 3.8) is 0 Å². The molecule has 0 fully saturated rings. The molecule has 0 saturated carbocycles. The first-order chi connectivity index (χ1) is 3.06. The second-order valence-corrected chi connectivity index (χ2v) is 0.896. The van der Waals surface area contributed by atoms with E-state index in [1.807, 2.05) is 0 Å². The molecule has 0 rings (SSSR count). The number of rotatable bonds is 2. The van der Waals surface area contributed by atoms with Crippen LogP contribution in [0.3, 0.4) is 0 Å². The fourth-order valence-electron chi connectivity index (χ4n) is 0.168. The summed E-state index contributed by atoms with van der Waals surface area (Å²) in [6.45, 7) is 1.07. The van der Waals surface area contributed by atoms with Crippen LogP contribution in [0.2, 0.25) is 0 Å². The van der Waals surface area contributed by atoms with Crippen LogP contribution in [-0.4, -0.2) is 12.9 Å². The normalized spacial score (nSPS) is 12.0. The average molecular weight is 111 g/mol. The van der Waals surface area contributed by atoms with Gasteiger partial charge in [0.15, 0.2) is 0 Å². The largest absolute Gasteiger partial charge is 0.512 e. The van der Waals surface area contributed by atoms with E-state index in [1.165, 1.54) is 6.92 Å². The lowest BCUT2D eigenvalue weighted by atomic mass is 10.9. The molecule has 0 aliphatic heterocycles. The Hall–Kier alpha value is -0.220. The Balaban J connectivity index is 3.15. The number of hydrogen-bond acceptors (Lipinski definition) is 1. The third-order valence-corrected chi connectivity index (χ3v) is 0.312. The minimum atomic E-state index is -4.20. The van der Waals surface area contributed by atoms with Crippen LogP contribution < -0.4 is 0 Å². The summed E-state index contributed by atoms with van der Waals surface area (Å²) < 4.78 is 25.2. The molecule has 0 aliphatic carbocycles. The van der Waals surface area contributed by atoms with E-state index in [4.69, 9.17) is 5.11 Å². The van der Waals surface area contributed by atoms with Crippen molar-refractivity contribution in [3.8, 4) is 0 Å². The summed E-state index contributed by atoms with van der Waals surface area (Å²) in [5.74, 6) is 0. The molecule has 0 atom stereocenters. The molecule has 0 spiro atoms.